The van der Waals surface area contributed by atoms with Crippen molar-refractivity contribution < 1.29 is 14.4 Å². The zero-order valence-electron chi connectivity index (χ0n) is 12.5. The van der Waals surface area contributed by atoms with Gasteiger partial charge in [0, 0.05) is 13.3 Å². The number of hydrogen-bond acceptors (Lipinski definition) is 3. The molecule has 0 bridgehead atoms. The van der Waals surface area contributed by atoms with Crippen molar-refractivity contribution in [2.75, 3.05) is 0 Å². The van der Waals surface area contributed by atoms with E-state index in [0.717, 1.165) is 5.56 Å². The maximum absolute atomic E-state index is 12.3. The first-order valence-corrected chi connectivity index (χ1v) is 6.95. The Morgan fingerprint density at radius 3 is 2.32 bits per heavy atom. The fourth-order valence-electron chi connectivity index (χ4n) is 1.99. The van der Waals surface area contributed by atoms with Crippen LogP contribution < -0.4 is 16.4 Å². The Bertz CT molecular complexity index is 543. The van der Waals surface area contributed by atoms with E-state index in [0.29, 0.717) is 6.42 Å². The SMILES string of the molecule is C=CC[C@H](NC(=O)[C@@H](Cc1ccccc1)NC(C)=O)C(N)=O. The van der Waals surface area contributed by atoms with Gasteiger partial charge in [0.15, 0.2) is 0 Å². The highest BCUT2D eigenvalue weighted by molar-refractivity contribution is 5.91. The van der Waals surface area contributed by atoms with E-state index in [-0.39, 0.29) is 12.3 Å². The summed E-state index contributed by atoms with van der Waals surface area (Å²) in [6, 6.07) is 7.67. The molecule has 3 amide bonds. The van der Waals surface area contributed by atoms with Crippen LogP contribution in [0.5, 0.6) is 0 Å². The molecule has 6 nitrogen and oxygen atoms in total. The van der Waals surface area contributed by atoms with Gasteiger partial charge in [-0.15, -0.1) is 6.58 Å². The Morgan fingerprint density at radius 1 is 1.18 bits per heavy atom. The minimum Gasteiger partial charge on any atom is -0.368 e. The molecule has 0 fully saturated rings. The molecule has 0 heterocycles. The van der Waals surface area contributed by atoms with E-state index in [1.165, 1.54) is 13.0 Å². The van der Waals surface area contributed by atoms with Gasteiger partial charge in [0.2, 0.25) is 17.7 Å². The summed E-state index contributed by atoms with van der Waals surface area (Å²) in [5, 5.41) is 5.13. The smallest absolute Gasteiger partial charge is 0.243 e. The van der Waals surface area contributed by atoms with Crippen molar-refractivity contribution in [2.45, 2.75) is 31.8 Å². The van der Waals surface area contributed by atoms with Crippen LogP contribution in [0.4, 0.5) is 0 Å². The van der Waals surface area contributed by atoms with Crippen molar-refractivity contribution in [2.24, 2.45) is 5.73 Å². The maximum Gasteiger partial charge on any atom is 0.243 e. The van der Waals surface area contributed by atoms with Gasteiger partial charge in [-0.25, -0.2) is 0 Å². The average molecular weight is 303 g/mol. The van der Waals surface area contributed by atoms with Gasteiger partial charge < -0.3 is 16.4 Å². The number of nitrogens with one attached hydrogen (secondary N) is 2. The molecule has 0 aliphatic rings. The first kappa shape index (κ1) is 17.4. The molecule has 1 aromatic carbocycles. The molecule has 1 aromatic rings. The van der Waals surface area contributed by atoms with Crippen molar-refractivity contribution in [3.05, 3.63) is 48.6 Å². The van der Waals surface area contributed by atoms with Gasteiger partial charge in [-0.05, 0) is 12.0 Å². The van der Waals surface area contributed by atoms with E-state index in [2.05, 4.69) is 17.2 Å². The molecule has 2 atom stereocenters. The summed E-state index contributed by atoms with van der Waals surface area (Å²) in [6.07, 6.45) is 2.06. The van der Waals surface area contributed by atoms with E-state index in [9.17, 15) is 14.4 Å². The normalized spacial score (nSPS) is 12.8. The van der Waals surface area contributed by atoms with Crippen molar-refractivity contribution in [3.8, 4) is 0 Å². The molecule has 0 spiro atoms. The average Bonchev–Trinajstić information content (AvgIpc) is 2.46. The Labute approximate surface area is 129 Å². The molecule has 0 aliphatic heterocycles. The van der Waals surface area contributed by atoms with Crippen molar-refractivity contribution in [3.63, 3.8) is 0 Å². The summed E-state index contributed by atoms with van der Waals surface area (Å²) < 4.78 is 0. The quantitative estimate of drug-likeness (QED) is 0.601. The summed E-state index contributed by atoms with van der Waals surface area (Å²) in [5.74, 6) is -1.42. The summed E-state index contributed by atoms with van der Waals surface area (Å²) in [6.45, 7) is 4.86. The van der Waals surface area contributed by atoms with Gasteiger partial charge >= 0.3 is 0 Å². The highest BCUT2D eigenvalue weighted by Gasteiger charge is 2.24. The van der Waals surface area contributed by atoms with Crippen LogP contribution in [0.3, 0.4) is 0 Å². The minimum absolute atomic E-state index is 0.235. The number of hydrogen-bond donors (Lipinski definition) is 3. The molecular formula is C16H21N3O3. The number of carbonyl (C=O) groups excluding carboxylic acids is 3. The third kappa shape index (κ3) is 5.78. The zero-order valence-corrected chi connectivity index (χ0v) is 12.5. The third-order valence-corrected chi connectivity index (χ3v) is 3.04. The fourth-order valence-corrected chi connectivity index (χ4v) is 1.99. The standard InChI is InChI=1S/C16H21N3O3/c1-3-7-13(15(17)21)19-16(22)14(18-11(2)20)10-12-8-5-4-6-9-12/h3-6,8-9,13-14H,1,7,10H2,2H3,(H2,17,21)(H,18,20)(H,19,22)/t13-,14+/m0/s1. The predicted molar refractivity (Wildman–Crippen MR) is 83.7 cm³/mol. The lowest BCUT2D eigenvalue weighted by Gasteiger charge is -2.21. The molecular weight excluding hydrogens is 282 g/mol. The lowest BCUT2D eigenvalue weighted by Crippen LogP contribution is -2.53. The van der Waals surface area contributed by atoms with Crippen LogP contribution in [0.15, 0.2) is 43.0 Å². The number of rotatable bonds is 8. The number of nitrogens with two attached hydrogens (primary N) is 1. The van der Waals surface area contributed by atoms with Gasteiger partial charge in [0.05, 0.1) is 0 Å². The largest absolute Gasteiger partial charge is 0.368 e. The Hall–Kier alpha value is -2.63. The van der Waals surface area contributed by atoms with Crippen molar-refractivity contribution in [1.82, 2.24) is 10.6 Å². The summed E-state index contributed by atoms with van der Waals surface area (Å²) in [5.41, 5.74) is 6.14. The molecule has 0 aliphatic carbocycles. The van der Waals surface area contributed by atoms with Gasteiger partial charge in [-0.2, -0.15) is 0 Å². The van der Waals surface area contributed by atoms with E-state index in [4.69, 9.17) is 5.73 Å². The number of amides is 3. The highest BCUT2D eigenvalue weighted by Crippen LogP contribution is 2.04. The Kier molecular flexibility index (Phi) is 6.82. The van der Waals surface area contributed by atoms with Crippen LogP contribution in [0.25, 0.3) is 0 Å². The van der Waals surface area contributed by atoms with Crippen LogP contribution in [0, 0.1) is 0 Å². The molecule has 22 heavy (non-hydrogen) atoms. The minimum atomic E-state index is -0.836. The van der Waals surface area contributed by atoms with E-state index in [1.807, 2.05) is 30.3 Å². The summed E-state index contributed by atoms with van der Waals surface area (Å²) in [7, 11) is 0. The maximum atomic E-state index is 12.3. The molecule has 0 radical (unpaired) electrons. The molecule has 118 valence electrons. The predicted octanol–water partition coefficient (Wildman–Crippen LogP) is 0.280. The van der Waals surface area contributed by atoms with Gasteiger partial charge in [-0.1, -0.05) is 36.4 Å². The lowest BCUT2D eigenvalue weighted by atomic mass is 10.0. The first-order valence-electron chi connectivity index (χ1n) is 6.95. The van der Waals surface area contributed by atoms with Gasteiger partial charge in [0.1, 0.15) is 12.1 Å². The fraction of sp³-hybridized carbons (Fsp3) is 0.312. The number of carbonyl (C=O) groups is 3. The molecule has 1 rings (SSSR count). The van der Waals surface area contributed by atoms with E-state index >= 15 is 0 Å². The van der Waals surface area contributed by atoms with Crippen LogP contribution in [-0.4, -0.2) is 29.8 Å². The molecule has 6 heteroatoms. The summed E-state index contributed by atoms with van der Waals surface area (Å²) >= 11 is 0. The molecule has 0 saturated carbocycles. The number of primary amides is 1. The molecule has 0 unspecified atom stereocenters. The van der Waals surface area contributed by atoms with Crippen LogP contribution in [-0.2, 0) is 20.8 Å². The van der Waals surface area contributed by atoms with Crippen molar-refractivity contribution in [1.29, 1.82) is 0 Å². The topological polar surface area (TPSA) is 101 Å². The number of benzene rings is 1. The third-order valence-electron chi connectivity index (χ3n) is 3.04. The molecule has 0 saturated heterocycles. The second-order valence-corrected chi connectivity index (χ2v) is 4.93. The Morgan fingerprint density at radius 2 is 1.82 bits per heavy atom. The van der Waals surface area contributed by atoms with E-state index < -0.39 is 23.9 Å². The van der Waals surface area contributed by atoms with Crippen LogP contribution in [0.2, 0.25) is 0 Å². The molecule has 4 N–H and O–H groups in total. The van der Waals surface area contributed by atoms with Crippen LogP contribution >= 0.6 is 0 Å². The van der Waals surface area contributed by atoms with Crippen LogP contribution in [0.1, 0.15) is 18.9 Å². The zero-order chi connectivity index (χ0) is 16.5. The monoisotopic (exact) mass is 303 g/mol. The van der Waals surface area contributed by atoms with Gasteiger partial charge in [-0.3, -0.25) is 14.4 Å². The summed E-state index contributed by atoms with van der Waals surface area (Å²) in [4.78, 5) is 34.9. The van der Waals surface area contributed by atoms with E-state index in [1.54, 1.807) is 0 Å². The van der Waals surface area contributed by atoms with Crippen molar-refractivity contribution >= 4 is 17.7 Å². The lowest BCUT2D eigenvalue weighted by molar-refractivity contribution is -0.130. The Balaban J connectivity index is 2.81. The highest BCUT2D eigenvalue weighted by atomic mass is 16.2. The first-order chi connectivity index (χ1) is 10.4. The second kappa shape index (κ2) is 8.61. The molecule has 0 aromatic heterocycles. The van der Waals surface area contributed by atoms with Gasteiger partial charge in [0.25, 0.3) is 0 Å². The second-order valence-electron chi connectivity index (χ2n) is 4.93.